The van der Waals surface area contributed by atoms with Gasteiger partial charge in [-0.25, -0.2) is 4.39 Å². The molecule has 0 aliphatic heterocycles. The topological polar surface area (TPSA) is 26.0 Å². The van der Waals surface area contributed by atoms with E-state index in [0.29, 0.717) is 6.54 Å². The summed E-state index contributed by atoms with van der Waals surface area (Å²) in [5.41, 5.74) is 8.05. The van der Waals surface area contributed by atoms with Crippen LogP contribution in [0, 0.1) is 0 Å². The smallest absolute Gasteiger partial charge is 0.122 e. The molecule has 82 valence electrons. The van der Waals surface area contributed by atoms with Gasteiger partial charge in [0.1, 0.15) is 6.17 Å². The third-order valence-corrected chi connectivity index (χ3v) is 3.68. The molecule has 2 N–H and O–H groups in total. The highest BCUT2D eigenvalue weighted by Crippen LogP contribution is 2.42. The molecule has 0 aromatic heterocycles. The van der Waals surface area contributed by atoms with E-state index in [-0.39, 0.29) is 5.41 Å². The largest absolute Gasteiger partial charge is 0.330 e. The fraction of sp³-hybridized carbons (Fsp3) is 0.538. The van der Waals surface area contributed by atoms with Crippen LogP contribution < -0.4 is 5.73 Å². The van der Waals surface area contributed by atoms with Gasteiger partial charge in [0.15, 0.2) is 0 Å². The van der Waals surface area contributed by atoms with Crippen molar-refractivity contribution in [3.8, 4) is 0 Å². The molecule has 0 amide bonds. The molecule has 1 aliphatic rings. The van der Waals surface area contributed by atoms with Crippen molar-refractivity contribution < 1.29 is 4.39 Å². The normalized spacial score (nSPS) is 20.7. The third kappa shape index (κ3) is 1.78. The van der Waals surface area contributed by atoms with Crippen molar-refractivity contribution in [2.24, 2.45) is 5.73 Å². The molecule has 0 saturated heterocycles. The summed E-state index contributed by atoms with van der Waals surface area (Å²) in [6, 6.07) is 7.85. The molecule has 0 radical (unpaired) electrons. The number of nitrogens with two attached hydrogens (primary N) is 1. The summed E-state index contributed by atoms with van der Waals surface area (Å²) in [6.45, 7) is 2.27. The van der Waals surface area contributed by atoms with E-state index in [0.717, 1.165) is 5.56 Å². The van der Waals surface area contributed by atoms with Crippen LogP contribution in [0.3, 0.4) is 0 Å². The van der Waals surface area contributed by atoms with Crippen molar-refractivity contribution in [1.29, 1.82) is 0 Å². The Balaban J connectivity index is 2.23. The average Bonchev–Trinajstić information content (AvgIpc) is 2.18. The SMILES string of the molecule is CC(F)c1ccc(C2(CN)CCC2)cc1. The van der Waals surface area contributed by atoms with E-state index in [1.807, 2.05) is 24.3 Å². The van der Waals surface area contributed by atoms with E-state index >= 15 is 0 Å². The van der Waals surface area contributed by atoms with Gasteiger partial charge < -0.3 is 5.73 Å². The summed E-state index contributed by atoms with van der Waals surface area (Å²) < 4.78 is 13.0. The van der Waals surface area contributed by atoms with Gasteiger partial charge in [-0.15, -0.1) is 0 Å². The molecule has 1 aromatic carbocycles. The average molecular weight is 207 g/mol. The summed E-state index contributed by atoms with van der Waals surface area (Å²) in [6.07, 6.45) is 2.73. The van der Waals surface area contributed by atoms with Gasteiger partial charge in [-0.2, -0.15) is 0 Å². The fourth-order valence-corrected chi connectivity index (χ4v) is 2.32. The third-order valence-electron chi connectivity index (χ3n) is 3.68. The van der Waals surface area contributed by atoms with E-state index < -0.39 is 6.17 Å². The van der Waals surface area contributed by atoms with E-state index in [1.165, 1.54) is 24.8 Å². The number of alkyl halides is 1. The Morgan fingerprint density at radius 3 is 2.27 bits per heavy atom. The van der Waals surface area contributed by atoms with E-state index in [4.69, 9.17) is 5.73 Å². The number of halogens is 1. The second-order valence-electron chi connectivity index (χ2n) is 4.58. The van der Waals surface area contributed by atoms with Crippen LogP contribution in [0.15, 0.2) is 24.3 Å². The molecule has 1 aliphatic carbocycles. The number of benzene rings is 1. The second kappa shape index (κ2) is 3.93. The zero-order chi connectivity index (χ0) is 10.9. The van der Waals surface area contributed by atoms with Crippen LogP contribution in [0.5, 0.6) is 0 Å². The Hall–Kier alpha value is -0.890. The maximum absolute atomic E-state index is 13.0. The van der Waals surface area contributed by atoms with Crippen LogP contribution in [-0.4, -0.2) is 6.54 Å². The lowest BCUT2D eigenvalue weighted by molar-refractivity contribution is 0.253. The summed E-state index contributed by atoms with van der Waals surface area (Å²) in [5, 5.41) is 0. The van der Waals surface area contributed by atoms with Gasteiger partial charge in [0, 0.05) is 12.0 Å². The Bertz CT molecular complexity index is 319. The quantitative estimate of drug-likeness (QED) is 0.809. The maximum Gasteiger partial charge on any atom is 0.122 e. The predicted molar refractivity (Wildman–Crippen MR) is 60.5 cm³/mol. The molecule has 0 heterocycles. The van der Waals surface area contributed by atoms with Crippen molar-refractivity contribution >= 4 is 0 Å². The van der Waals surface area contributed by atoms with E-state index in [2.05, 4.69) is 0 Å². The molecule has 2 heteroatoms. The lowest BCUT2D eigenvalue weighted by Gasteiger charge is -2.41. The van der Waals surface area contributed by atoms with Gasteiger partial charge in [-0.05, 0) is 30.9 Å². The number of hydrogen-bond donors (Lipinski definition) is 1. The number of hydrogen-bond acceptors (Lipinski definition) is 1. The summed E-state index contributed by atoms with van der Waals surface area (Å²) in [7, 11) is 0. The molecule has 1 aromatic rings. The summed E-state index contributed by atoms with van der Waals surface area (Å²) in [5.74, 6) is 0. The minimum absolute atomic E-state index is 0.193. The maximum atomic E-state index is 13.0. The standard InChI is InChI=1S/C13H18FN/c1-10(14)11-3-5-12(6-4-11)13(9-15)7-2-8-13/h3-6,10H,2,7-9,15H2,1H3. The molecule has 0 bridgehead atoms. The van der Waals surface area contributed by atoms with Gasteiger partial charge in [-0.1, -0.05) is 30.7 Å². The molecule has 15 heavy (non-hydrogen) atoms. The highest BCUT2D eigenvalue weighted by molar-refractivity contribution is 5.32. The van der Waals surface area contributed by atoms with Crippen LogP contribution in [0.1, 0.15) is 43.5 Å². The minimum atomic E-state index is -0.880. The van der Waals surface area contributed by atoms with Crippen LogP contribution in [0.2, 0.25) is 0 Å². The molecule has 1 unspecified atom stereocenters. The minimum Gasteiger partial charge on any atom is -0.330 e. The van der Waals surface area contributed by atoms with Crippen LogP contribution in [0.25, 0.3) is 0 Å². The number of rotatable bonds is 3. The molecule has 2 rings (SSSR count). The zero-order valence-corrected chi connectivity index (χ0v) is 9.17. The lowest BCUT2D eigenvalue weighted by Crippen LogP contribution is -2.41. The molecule has 1 saturated carbocycles. The van der Waals surface area contributed by atoms with Crippen LogP contribution in [-0.2, 0) is 5.41 Å². The predicted octanol–water partition coefficient (Wildman–Crippen LogP) is 3.10. The molecule has 1 nitrogen and oxygen atoms in total. The molecule has 0 spiro atoms. The molecule has 1 fully saturated rings. The van der Waals surface area contributed by atoms with Gasteiger partial charge in [0.2, 0.25) is 0 Å². The molecular formula is C13H18FN. The monoisotopic (exact) mass is 207 g/mol. The summed E-state index contributed by atoms with van der Waals surface area (Å²) >= 11 is 0. The van der Waals surface area contributed by atoms with Gasteiger partial charge in [-0.3, -0.25) is 0 Å². The van der Waals surface area contributed by atoms with Crippen LogP contribution >= 0.6 is 0 Å². The summed E-state index contributed by atoms with van der Waals surface area (Å²) in [4.78, 5) is 0. The Morgan fingerprint density at radius 2 is 1.93 bits per heavy atom. The zero-order valence-electron chi connectivity index (χ0n) is 9.17. The Kier molecular flexibility index (Phi) is 2.79. The first-order chi connectivity index (χ1) is 7.18. The first-order valence-corrected chi connectivity index (χ1v) is 5.62. The second-order valence-corrected chi connectivity index (χ2v) is 4.58. The van der Waals surface area contributed by atoms with Crippen molar-refractivity contribution in [1.82, 2.24) is 0 Å². The van der Waals surface area contributed by atoms with Crippen molar-refractivity contribution in [3.05, 3.63) is 35.4 Å². The first-order valence-electron chi connectivity index (χ1n) is 5.62. The van der Waals surface area contributed by atoms with E-state index in [1.54, 1.807) is 6.92 Å². The highest BCUT2D eigenvalue weighted by atomic mass is 19.1. The van der Waals surface area contributed by atoms with Crippen LogP contribution in [0.4, 0.5) is 4.39 Å². The van der Waals surface area contributed by atoms with E-state index in [9.17, 15) is 4.39 Å². The lowest BCUT2D eigenvalue weighted by atomic mass is 9.64. The van der Waals surface area contributed by atoms with Crippen molar-refractivity contribution in [2.45, 2.75) is 37.8 Å². The van der Waals surface area contributed by atoms with Crippen molar-refractivity contribution in [2.75, 3.05) is 6.54 Å². The Labute approximate surface area is 90.5 Å². The van der Waals surface area contributed by atoms with Gasteiger partial charge in [0.25, 0.3) is 0 Å². The molecule has 1 atom stereocenters. The fourth-order valence-electron chi connectivity index (χ4n) is 2.32. The van der Waals surface area contributed by atoms with Gasteiger partial charge in [0.05, 0.1) is 0 Å². The Morgan fingerprint density at radius 1 is 1.33 bits per heavy atom. The molecular weight excluding hydrogens is 189 g/mol. The first kappa shape index (κ1) is 10.6. The van der Waals surface area contributed by atoms with Gasteiger partial charge >= 0.3 is 0 Å². The highest BCUT2D eigenvalue weighted by Gasteiger charge is 2.36. The van der Waals surface area contributed by atoms with Crippen molar-refractivity contribution in [3.63, 3.8) is 0 Å².